The van der Waals surface area contributed by atoms with Gasteiger partial charge in [0, 0.05) is 15.2 Å². The zero-order valence-corrected chi connectivity index (χ0v) is 24.2. The van der Waals surface area contributed by atoms with Gasteiger partial charge in [-0.05, 0) is 73.5 Å². The van der Waals surface area contributed by atoms with E-state index in [0.29, 0.717) is 24.1 Å². The van der Waals surface area contributed by atoms with Crippen molar-refractivity contribution in [2.45, 2.75) is 22.5 Å². The molecule has 1 aliphatic carbocycles. The molecule has 5 rings (SSSR count). The summed E-state index contributed by atoms with van der Waals surface area (Å²) >= 11 is 7.15. The molecular formula is C30H23Br2NO7. The summed E-state index contributed by atoms with van der Waals surface area (Å²) < 4.78 is 10.5. The number of Topliss-reactive ketones (excluding diaryl/α,β-unsaturated/α-hetero) is 1. The number of halogens is 2. The number of hydrogen-bond acceptors (Lipinski definition) is 7. The second-order valence-electron chi connectivity index (χ2n) is 9.55. The minimum absolute atomic E-state index is 0.111. The molecule has 1 saturated heterocycles. The maximum absolute atomic E-state index is 13.0. The van der Waals surface area contributed by atoms with Gasteiger partial charge in [-0.15, -0.1) is 0 Å². The minimum atomic E-state index is -0.717. The number of imide groups is 1. The molecule has 0 radical (unpaired) electrons. The zero-order chi connectivity index (χ0) is 28.4. The highest BCUT2D eigenvalue weighted by molar-refractivity contribution is 9.12. The van der Waals surface area contributed by atoms with Crippen LogP contribution >= 0.6 is 31.9 Å². The molecule has 0 bridgehead atoms. The van der Waals surface area contributed by atoms with E-state index >= 15 is 0 Å². The van der Waals surface area contributed by atoms with Crippen molar-refractivity contribution >= 4 is 67.1 Å². The van der Waals surface area contributed by atoms with Gasteiger partial charge in [0.2, 0.25) is 11.8 Å². The van der Waals surface area contributed by atoms with Gasteiger partial charge in [-0.2, -0.15) is 0 Å². The SMILES string of the molecule is O=C(COC(=O)c1ccc(N2C(=O)C3CC(Br)C(Br)CC3C2=O)cc1)c1ccc(OC(=O)c2ccccc2)cc1. The van der Waals surface area contributed by atoms with Crippen LogP contribution in [0.3, 0.4) is 0 Å². The first-order valence-corrected chi connectivity index (χ1v) is 14.4. The summed E-state index contributed by atoms with van der Waals surface area (Å²) in [5.41, 5.74) is 1.26. The van der Waals surface area contributed by atoms with Crippen LogP contribution < -0.4 is 9.64 Å². The Hall–Kier alpha value is -3.63. The smallest absolute Gasteiger partial charge is 0.343 e. The van der Waals surface area contributed by atoms with Crippen LogP contribution in [0.2, 0.25) is 0 Å². The number of amides is 2. The fraction of sp³-hybridized carbons (Fsp3) is 0.233. The van der Waals surface area contributed by atoms with E-state index in [0.717, 1.165) is 0 Å². The zero-order valence-electron chi connectivity index (χ0n) is 21.0. The number of hydrogen-bond donors (Lipinski definition) is 0. The van der Waals surface area contributed by atoms with E-state index in [1.54, 1.807) is 30.3 Å². The molecular weight excluding hydrogens is 646 g/mol. The number of rotatable bonds is 7. The predicted octanol–water partition coefficient (Wildman–Crippen LogP) is 5.37. The molecule has 1 saturated carbocycles. The van der Waals surface area contributed by atoms with E-state index in [1.807, 2.05) is 0 Å². The molecule has 1 aliphatic heterocycles. The molecule has 4 atom stereocenters. The van der Waals surface area contributed by atoms with E-state index in [1.165, 1.54) is 53.4 Å². The molecule has 1 heterocycles. The van der Waals surface area contributed by atoms with Gasteiger partial charge in [-0.25, -0.2) is 9.59 Å². The van der Waals surface area contributed by atoms with Gasteiger partial charge in [-0.1, -0.05) is 50.1 Å². The normalized spacial score (nSPS) is 22.0. The van der Waals surface area contributed by atoms with Crippen LogP contribution in [0, 0.1) is 11.8 Å². The number of alkyl halides is 2. The maximum Gasteiger partial charge on any atom is 0.343 e. The number of benzene rings is 3. The third-order valence-electron chi connectivity index (χ3n) is 7.00. The highest BCUT2D eigenvalue weighted by atomic mass is 79.9. The Morgan fingerprint density at radius 2 is 1.23 bits per heavy atom. The van der Waals surface area contributed by atoms with Crippen LogP contribution in [0.1, 0.15) is 43.9 Å². The summed E-state index contributed by atoms with van der Waals surface area (Å²) in [5, 5.41) is 0. The lowest BCUT2D eigenvalue weighted by Crippen LogP contribution is -2.34. The summed E-state index contributed by atoms with van der Waals surface area (Å²) in [6.07, 6.45) is 1.14. The minimum Gasteiger partial charge on any atom is -0.454 e. The second kappa shape index (κ2) is 11.9. The van der Waals surface area contributed by atoms with Crippen molar-refractivity contribution in [2.75, 3.05) is 11.5 Å². The van der Waals surface area contributed by atoms with Crippen molar-refractivity contribution in [1.82, 2.24) is 0 Å². The highest BCUT2D eigenvalue weighted by Gasteiger charge is 2.52. The van der Waals surface area contributed by atoms with Crippen molar-refractivity contribution in [3.05, 3.63) is 95.6 Å². The maximum atomic E-state index is 13.0. The first-order chi connectivity index (χ1) is 19.2. The van der Waals surface area contributed by atoms with Crippen LogP contribution in [0.5, 0.6) is 5.75 Å². The number of anilines is 1. The van der Waals surface area contributed by atoms with Crippen LogP contribution in [0.15, 0.2) is 78.9 Å². The van der Waals surface area contributed by atoms with Crippen LogP contribution in [-0.2, 0) is 14.3 Å². The fourth-order valence-corrected chi connectivity index (χ4v) is 6.08. The molecule has 2 aliphatic rings. The molecule has 204 valence electrons. The van der Waals surface area contributed by atoms with Crippen molar-refractivity contribution < 1.29 is 33.4 Å². The molecule has 2 fully saturated rings. The van der Waals surface area contributed by atoms with Crippen molar-refractivity contribution in [3.63, 3.8) is 0 Å². The molecule has 0 N–H and O–H groups in total. The van der Waals surface area contributed by atoms with Crippen molar-refractivity contribution in [1.29, 1.82) is 0 Å². The van der Waals surface area contributed by atoms with Gasteiger partial charge in [0.1, 0.15) is 5.75 Å². The average molecular weight is 669 g/mol. The summed E-state index contributed by atoms with van der Waals surface area (Å²) in [4.78, 5) is 64.6. The molecule has 3 aromatic carbocycles. The second-order valence-corrected chi connectivity index (χ2v) is 11.9. The third-order valence-corrected chi connectivity index (χ3v) is 9.74. The van der Waals surface area contributed by atoms with Gasteiger partial charge in [0.15, 0.2) is 12.4 Å². The van der Waals surface area contributed by atoms with Crippen LogP contribution in [0.4, 0.5) is 5.69 Å². The molecule has 0 spiro atoms. The standard InChI is InChI=1S/C30H23Br2NO7/c31-24-14-22-23(15-25(24)32)28(36)33(27(22)35)20-10-6-19(7-11-20)29(37)39-16-26(34)17-8-12-21(13-9-17)40-30(38)18-4-2-1-3-5-18/h1-13,22-25H,14-16H2. The molecule has 0 aromatic heterocycles. The Labute approximate surface area is 246 Å². The van der Waals surface area contributed by atoms with Crippen molar-refractivity contribution in [3.8, 4) is 5.75 Å². The first-order valence-electron chi connectivity index (χ1n) is 12.6. The Morgan fingerprint density at radius 3 is 1.80 bits per heavy atom. The van der Waals surface area contributed by atoms with Gasteiger partial charge in [0.25, 0.3) is 0 Å². The van der Waals surface area contributed by atoms with Crippen molar-refractivity contribution in [2.24, 2.45) is 11.8 Å². The topological polar surface area (TPSA) is 107 Å². The van der Waals surface area contributed by atoms with E-state index in [4.69, 9.17) is 9.47 Å². The monoisotopic (exact) mass is 667 g/mol. The fourth-order valence-electron chi connectivity index (χ4n) is 4.84. The molecule has 40 heavy (non-hydrogen) atoms. The van der Waals surface area contributed by atoms with Gasteiger partial charge < -0.3 is 9.47 Å². The largest absolute Gasteiger partial charge is 0.454 e. The molecule has 4 unspecified atom stereocenters. The van der Waals surface area contributed by atoms with E-state index in [9.17, 15) is 24.0 Å². The molecule has 8 nitrogen and oxygen atoms in total. The average Bonchev–Trinajstić information content (AvgIpc) is 3.21. The quantitative estimate of drug-likeness (QED) is 0.110. The van der Waals surface area contributed by atoms with E-state index in [-0.39, 0.29) is 50.2 Å². The number of esters is 2. The van der Waals surface area contributed by atoms with Gasteiger partial charge in [-0.3, -0.25) is 19.3 Å². The lowest BCUT2D eigenvalue weighted by Gasteiger charge is -2.29. The van der Waals surface area contributed by atoms with Crippen LogP contribution in [-0.4, -0.2) is 45.8 Å². The van der Waals surface area contributed by atoms with Gasteiger partial charge in [0.05, 0.1) is 28.7 Å². The molecule has 2 amide bonds. The van der Waals surface area contributed by atoms with E-state index < -0.39 is 24.3 Å². The Kier molecular flexibility index (Phi) is 8.27. The number of nitrogens with zero attached hydrogens (tertiary/aromatic N) is 1. The predicted molar refractivity (Wildman–Crippen MR) is 153 cm³/mol. The molecule has 3 aromatic rings. The number of carbonyl (C=O) groups excluding carboxylic acids is 5. The Balaban J connectivity index is 1.16. The Morgan fingerprint density at radius 1 is 0.700 bits per heavy atom. The summed E-state index contributed by atoms with van der Waals surface area (Å²) in [5.74, 6) is -2.60. The summed E-state index contributed by atoms with van der Waals surface area (Å²) in [6.45, 7) is -0.488. The van der Waals surface area contributed by atoms with E-state index in [2.05, 4.69) is 31.9 Å². The number of fused-ring (bicyclic) bond motifs is 1. The highest BCUT2D eigenvalue weighted by Crippen LogP contribution is 2.44. The lowest BCUT2D eigenvalue weighted by atomic mass is 9.81. The van der Waals surface area contributed by atoms with Gasteiger partial charge >= 0.3 is 11.9 Å². The van der Waals surface area contributed by atoms with Crippen LogP contribution in [0.25, 0.3) is 0 Å². The first kappa shape index (κ1) is 27.9. The Bertz CT molecular complexity index is 1430. The summed E-state index contributed by atoms with van der Waals surface area (Å²) in [6, 6.07) is 20.4. The number of ether oxygens (including phenoxy) is 2. The third kappa shape index (κ3) is 5.78. The number of ketones is 1. The summed E-state index contributed by atoms with van der Waals surface area (Å²) in [7, 11) is 0. The molecule has 10 heteroatoms. The number of carbonyl (C=O) groups is 5. The lowest BCUT2D eigenvalue weighted by molar-refractivity contribution is -0.122.